The summed E-state index contributed by atoms with van der Waals surface area (Å²) in [7, 11) is 1.63. The highest BCUT2D eigenvalue weighted by atomic mass is 16.5. The number of carbonyl (C=O) groups is 2. The molecule has 2 atom stereocenters. The molecule has 0 spiro atoms. The molecule has 1 aliphatic heterocycles. The number of hydrogen-bond donors (Lipinski definition) is 0. The average molecular weight is 428 g/mol. The summed E-state index contributed by atoms with van der Waals surface area (Å²) in [6.45, 7) is 2.50. The smallest absolute Gasteiger partial charge is 0.319 e. The number of esters is 1. The van der Waals surface area contributed by atoms with Gasteiger partial charge in [-0.15, -0.1) is 0 Å². The van der Waals surface area contributed by atoms with E-state index in [0.717, 1.165) is 28.0 Å². The van der Waals surface area contributed by atoms with Gasteiger partial charge in [-0.2, -0.15) is 0 Å². The van der Waals surface area contributed by atoms with E-state index in [4.69, 9.17) is 9.47 Å². The molecule has 0 saturated heterocycles. The zero-order valence-corrected chi connectivity index (χ0v) is 18.2. The second kappa shape index (κ2) is 7.83. The number of carbonyl (C=O) groups excluding carboxylic acids is 2. The summed E-state index contributed by atoms with van der Waals surface area (Å²) >= 11 is 0. The Morgan fingerprint density at radius 2 is 1.81 bits per heavy atom. The minimum atomic E-state index is -0.996. The van der Waals surface area contributed by atoms with Gasteiger partial charge in [0.25, 0.3) is 5.91 Å². The van der Waals surface area contributed by atoms with E-state index in [1.807, 2.05) is 84.6 Å². The molecule has 1 amide bonds. The molecule has 2 aliphatic rings. The molecule has 0 saturated carbocycles. The lowest BCUT2D eigenvalue weighted by molar-refractivity contribution is -0.153. The summed E-state index contributed by atoms with van der Waals surface area (Å²) in [4.78, 5) is 29.3. The van der Waals surface area contributed by atoms with Gasteiger partial charge in [0.2, 0.25) is 0 Å². The highest BCUT2D eigenvalue weighted by Gasteiger charge is 2.61. The van der Waals surface area contributed by atoms with Crippen LogP contribution in [0.25, 0.3) is 0 Å². The van der Waals surface area contributed by atoms with Crippen LogP contribution in [0.3, 0.4) is 0 Å². The maximum absolute atomic E-state index is 13.8. The van der Waals surface area contributed by atoms with Crippen molar-refractivity contribution in [3.8, 4) is 5.75 Å². The standard InChI is InChI=1S/C27H25NO4/c1-3-32-26(30)27-16-19-15-20(31-2)13-14-21(19)24(27)28(17-18-9-5-4-6-10-18)25(29)22-11-7-8-12-23(22)27/h4-15,24H,3,16-17H2,1-2H3/t24-,27+/m1/s1. The largest absolute Gasteiger partial charge is 0.497 e. The van der Waals surface area contributed by atoms with E-state index in [9.17, 15) is 9.59 Å². The molecular formula is C27H25NO4. The van der Waals surface area contributed by atoms with Crippen LogP contribution in [0.1, 0.15) is 45.6 Å². The van der Waals surface area contributed by atoms with Crippen molar-refractivity contribution in [2.75, 3.05) is 13.7 Å². The maximum Gasteiger partial charge on any atom is 0.319 e. The molecule has 0 N–H and O–H groups in total. The van der Waals surface area contributed by atoms with E-state index in [0.29, 0.717) is 18.5 Å². The Labute approximate surface area is 187 Å². The summed E-state index contributed by atoms with van der Waals surface area (Å²) in [5.41, 5.74) is 3.30. The first-order valence-electron chi connectivity index (χ1n) is 10.9. The van der Waals surface area contributed by atoms with Crippen molar-refractivity contribution in [3.63, 3.8) is 0 Å². The molecular weight excluding hydrogens is 402 g/mol. The summed E-state index contributed by atoms with van der Waals surface area (Å²) < 4.78 is 11.1. The SMILES string of the molecule is CCOC(=O)[C@]12Cc3cc(OC)ccc3[C@H]1N(Cc1ccccc1)C(=O)c1ccccc12. The molecule has 3 aromatic rings. The van der Waals surface area contributed by atoms with Crippen molar-refractivity contribution in [2.24, 2.45) is 0 Å². The fourth-order valence-electron chi connectivity index (χ4n) is 5.30. The normalized spacial score (nSPS) is 20.9. The topological polar surface area (TPSA) is 55.8 Å². The fourth-order valence-corrected chi connectivity index (χ4v) is 5.30. The van der Waals surface area contributed by atoms with Gasteiger partial charge in [-0.05, 0) is 53.8 Å². The van der Waals surface area contributed by atoms with E-state index >= 15 is 0 Å². The van der Waals surface area contributed by atoms with Crippen molar-refractivity contribution in [2.45, 2.75) is 31.3 Å². The Kier molecular flexibility index (Phi) is 4.97. The second-order valence-electron chi connectivity index (χ2n) is 8.30. The monoisotopic (exact) mass is 427 g/mol. The van der Waals surface area contributed by atoms with E-state index in [1.165, 1.54) is 0 Å². The third-order valence-corrected chi connectivity index (χ3v) is 6.63. The molecule has 0 bridgehead atoms. The van der Waals surface area contributed by atoms with Crippen LogP contribution in [0, 0.1) is 0 Å². The predicted molar refractivity (Wildman–Crippen MR) is 121 cm³/mol. The van der Waals surface area contributed by atoms with Crippen LogP contribution in [-0.4, -0.2) is 30.5 Å². The first-order chi connectivity index (χ1) is 15.6. The van der Waals surface area contributed by atoms with Gasteiger partial charge in [-0.1, -0.05) is 54.6 Å². The third kappa shape index (κ3) is 2.92. The van der Waals surface area contributed by atoms with Gasteiger partial charge in [0, 0.05) is 12.1 Å². The van der Waals surface area contributed by atoms with Crippen molar-refractivity contribution in [1.82, 2.24) is 4.90 Å². The molecule has 1 aliphatic carbocycles. The fraction of sp³-hybridized carbons (Fsp3) is 0.259. The third-order valence-electron chi connectivity index (χ3n) is 6.63. The lowest BCUT2D eigenvalue weighted by Crippen LogP contribution is -2.54. The van der Waals surface area contributed by atoms with Gasteiger partial charge >= 0.3 is 5.97 Å². The van der Waals surface area contributed by atoms with Crippen molar-refractivity contribution in [1.29, 1.82) is 0 Å². The zero-order valence-electron chi connectivity index (χ0n) is 18.2. The van der Waals surface area contributed by atoms with Gasteiger partial charge in [-0.3, -0.25) is 9.59 Å². The number of fused-ring (bicyclic) bond motifs is 5. The summed E-state index contributed by atoms with van der Waals surface area (Å²) in [6, 6.07) is 22.7. The van der Waals surface area contributed by atoms with Crippen molar-refractivity contribution >= 4 is 11.9 Å². The first-order valence-corrected chi connectivity index (χ1v) is 10.9. The van der Waals surface area contributed by atoms with Gasteiger partial charge in [-0.25, -0.2) is 0 Å². The Bertz CT molecular complexity index is 1190. The molecule has 5 nitrogen and oxygen atoms in total. The molecule has 0 fully saturated rings. The van der Waals surface area contributed by atoms with Gasteiger partial charge in [0.05, 0.1) is 19.8 Å². The van der Waals surface area contributed by atoms with Crippen LogP contribution in [0.2, 0.25) is 0 Å². The minimum absolute atomic E-state index is 0.0713. The molecule has 5 heteroatoms. The Hall–Kier alpha value is -3.60. The molecule has 5 rings (SSSR count). The van der Waals surface area contributed by atoms with Gasteiger partial charge in [0.1, 0.15) is 11.2 Å². The zero-order chi connectivity index (χ0) is 22.3. The van der Waals surface area contributed by atoms with E-state index in [-0.39, 0.29) is 18.5 Å². The highest BCUT2D eigenvalue weighted by Crippen LogP contribution is 2.56. The van der Waals surface area contributed by atoms with Crippen LogP contribution >= 0.6 is 0 Å². The number of benzene rings is 3. The number of hydrogen-bond acceptors (Lipinski definition) is 4. The first kappa shape index (κ1) is 20.3. The van der Waals surface area contributed by atoms with Crippen LogP contribution in [0.15, 0.2) is 72.8 Å². The Morgan fingerprint density at radius 1 is 1.06 bits per heavy atom. The Morgan fingerprint density at radius 3 is 2.56 bits per heavy atom. The predicted octanol–water partition coefficient (Wildman–Crippen LogP) is 4.45. The summed E-state index contributed by atoms with van der Waals surface area (Å²) in [6.07, 6.45) is 0.457. The van der Waals surface area contributed by atoms with Crippen LogP contribution in [0.5, 0.6) is 5.75 Å². The van der Waals surface area contributed by atoms with Crippen molar-refractivity contribution < 1.29 is 19.1 Å². The molecule has 0 aromatic heterocycles. The number of methoxy groups -OCH3 is 1. The lowest BCUT2D eigenvalue weighted by atomic mass is 9.69. The van der Waals surface area contributed by atoms with Crippen LogP contribution in [-0.2, 0) is 27.9 Å². The molecule has 1 heterocycles. The minimum Gasteiger partial charge on any atom is -0.497 e. The number of nitrogens with zero attached hydrogens (tertiary/aromatic N) is 1. The quantitative estimate of drug-likeness (QED) is 0.565. The van der Waals surface area contributed by atoms with Crippen molar-refractivity contribution in [3.05, 3.63) is 101 Å². The number of rotatable bonds is 5. The molecule has 3 aromatic carbocycles. The molecule has 32 heavy (non-hydrogen) atoms. The van der Waals surface area contributed by atoms with Gasteiger partial charge in [0.15, 0.2) is 0 Å². The molecule has 0 radical (unpaired) electrons. The van der Waals surface area contributed by atoms with Gasteiger partial charge < -0.3 is 14.4 Å². The summed E-state index contributed by atoms with van der Waals surface area (Å²) in [5, 5.41) is 0. The van der Waals surface area contributed by atoms with E-state index in [2.05, 4.69) is 0 Å². The molecule has 0 unspecified atom stereocenters. The summed E-state index contributed by atoms with van der Waals surface area (Å²) in [5.74, 6) is 0.367. The highest BCUT2D eigenvalue weighted by molar-refractivity contribution is 6.03. The Balaban J connectivity index is 1.76. The second-order valence-corrected chi connectivity index (χ2v) is 8.30. The number of amides is 1. The van der Waals surface area contributed by atoms with E-state index in [1.54, 1.807) is 7.11 Å². The average Bonchev–Trinajstić information content (AvgIpc) is 3.18. The lowest BCUT2D eigenvalue weighted by Gasteiger charge is -2.45. The maximum atomic E-state index is 13.8. The molecule has 162 valence electrons. The van der Waals surface area contributed by atoms with E-state index < -0.39 is 11.5 Å². The number of ether oxygens (including phenoxy) is 2. The van der Waals surface area contributed by atoms with Crippen LogP contribution < -0.4 is 4.74 Å². The van der Waals surface area contributed by atoms with Crippen LogP contribution in [0.4, 0.5) is 0 Å².